The highest BCUT2D eigenvalue weighted by Gasteiger charge is 2.19. The van der Waals surface area contributed by atoms with Crippen LogP contribution in [0.5, 0.6) is 0 Å². The highest BCUT2D eigenvalue weighted by molar-refractivity contribution is 4.87. The second-order valence-corrected chi connectivity index (χ2v) is 4.18. The van der Waals surface area contributed by atoms with Crippen LogP contribution in [0.3, 0.4) is 0 Å². The van der Waals surface area contributed by atoms with Gasteiger partial charge >= 0.3 is 0 Å². The molecule has 1 aliphatic rings. The number of hydrogen-bond donors (Lipinski definition) is 0. The van der Waals surface area contributed by atoms with Crippen molar-refractivity contribution in [3.8, 4) is 0 Å². The summed E-state index contributed by atoms with van der Waals surface area (Å²) in [6, 6.07) is 0.790. The minimum absolute atomic E-state index is 0.790. The summed E-state index contributed by atoms with van der Waals surface area (Å²) in [5.41, 5.74) is 1.16. The third-order valence-corrected chi connectivity index (χ3v) is 3.06. The molecule has 0 aromatic heterocycles. The molecular formula is C11H22N2. The van der Waals surface area contributed by atoms with E-state index in [2.05, 4.69) is 37.3 Å². The fourth-order valence-electron chi connectivity index (χ4n) is 1.79. The van der Waals surface area contributed by atoms with Gasteiger partial charge in [0.25, 0.3) is 0 Å². The molecule has 0 aliphatic carbocycles. The van der Waals surface area contributed by atoms with Crippen LogP contribution < -0.4 is 0 Å². The van der Waals surface area contributed by atoms with E-state index in [1.165, 1.54) is 25.9 Å². The van der Waals surface area contributed by atoms with Crippen molar-refractivity contribution in [1.29, 1.82) is 0 Å². The molecule has 2 nitrogen and oxygen atoms in total. The quantitative estimate of drug-likeness (QED) is 0.655. The molecule has 1 heterocycles. The Morgan fingerprint density at radius 2 is 2.31 bits per heavy atom. The van der Waals surface area contributed by atoms with Crippen LogP contribution in [-0.4, -0.2) is 42.5 Å². The van der Waals surface area contributed by atoms with Crippen LogP contribution >= 0.6 is 0 Å². The summed E-state index contributed by atoms with van der Waals surface area (Å²) in [6.45, 7) is 11.9. The Morgan fingerprint density at radius 1 is 1.62 bits per heavy atom. The van der Waals surface area contributed by atoms with E-state index in [9.17, 15) is 0 Å². The lowest BCUT2D eigenvalue weighted by Gasteiger charge is -2.25. The average Bonchev–Trinajstić information content (AvgIpc) is 2.47. The zero-order chi connectivity index (χ0) is 9.84. The van der Waals surface area contributed by atoms with Crippen LogP contribution in [0.15, 0.2) is 12.3 Å². The lowest BCUT2D eigenvalue weighted by Crippen LogP contribution is -2.34. The Morgan fingerprint density at radius 3 is 2.77 bits per heavy atom. The van der Waals surface area contributed by atoms with Gasteiger partial charge in [-0.25, -0.2) is 0 Å². The van der Waals surface area contributed by atoms with Crippen molar-refractivity contribution in [3.05, 3.63) is 12.3 Å². The highest BCUT2D eigenvalue weighted by atomic mass is 15.2. The molecule has 1 rings (SSSR count). The van der Waals surface area contributed by atoms with Crippen molar-refractivity contribution >= 4 is 0 Å². The van der Waals surface area contributed by atoms with Crippen LogP contribution in [0.1, 0.15) is 26.7 Å². The van der Waals surface area contributed by atoms with Gasteiger partial charge in [-0.2, -0.15) is 0 Å². The van der Waals surface area contributed by atoms with Gasteiger partial charge in [-0.3, -0.25) is 4.90 Å². The molecule has 2 heteroatoms. The fourth-order valence-corrected chi connectivity index (χ4v) is 1.79. The minimum Gasteiger partial charge on any atom is -0.377 e. The summed E-state index contributed by atoms with van der Waals surface area (Å²) in [7, 11) is 2.11. The van der Waals surface area contributed by atoms with Gasteiger partial charge in [0.2, 0.25) is 0 Å². The van der Waals surface area contributed by atoms with Crippen LogP contribution in [-0.2, 0) is 0 Å². The first kappa shape index (κ1) is 10.6. The van der Waals surface area contributed by atoms with Gasteiger partial charge in [-0.1, -0.05) is 6.58 Å². The molecule has 0 aromatic rings. The monoisotopic (exact) mass is 182 g/mol. The summed E-state index contributed by atoms with van der Waals surface area (Å²) in [4.78, 5) is 4.80. The lowest BCUT2D eigenvalue weighted by molar-refractivity contribution is 0.239. The smallest absolute Gasteiger partial charge is 0.0299 e. The van der Waals surface area contributed by atoms with Gasteiger partial charge in [-0.15, -0.1) is 0 Å². The number of rotatable bonds is 4. The summed E-state index contributed by atoms with van der Waals surface area (Å²) in [5, 5.41) is 0. The molecular weight excluding hydrogens is 160 g/mol. The van der Waals surface area contributed by atoms with E-state index in [1.54, 1.807) is 0 Å². The Hall–Kier alpha value is -0.500. The molecule has 76 valence electrons. The van der Waals surface area contributed by atoms with Crippen LogP contribution in [0.2, 0.25) is 0 Å². The maximum absolute atomic E-state index is 3.93. The zero-order valence-corrected chi connectivity index (χ0v) is 9.21. The first-order valence-corrected chi connectivity index (χ1v) is 5.22. The lowest BCUT2D eigenvalue weighted by atomic mass is 10.2. The third-order valence-electron chi connectivity index (χ3n) is 3.06. The third kappa shape index (κ3) is 3.03. The molecule has 0 amide bonds. The number of nitrogens with zero attached hydrogens (tertiary/aromatic N) is 2. The fraction of sp³-hybridized carbons (Fsp3) is 0.818. The topological polar surface area (TPSA) is 6.48 Å². The van der Waals surface area contributed by atoms with Gasteiger partial charge in [0.1, 0.15) is 0 Å². The summed E-state index contributed by atoms with van der Waals surface area (Å²) < 4.78 is 0. The first-order chi connectivity index (χ1) is 6.11. The van der Waals surface area contributed by atoms with Crippen molar-refractivity contribution in [2.24, 2.45) is 0 Å². The maximum Gasteiger partial charge on any atom is 0.0299 e. The first-order valence-electron chi connectivity index (χ1n) is 5.22. The molecule has 1 atom stereocenters. The summed E-state index contributed by atoms with van der Waals surface area (Å²) in [6.07, 6.45) is 2.74. The van der Waals surface area contributed by atoms with Gasteiger partial charge < -0.3 is 4.90 Å². The molecule has 0 radical (unpaired) electrons. The largest absolute Gasteiger partial charge is 0.377 e. The van der Waals surface area contributed by atoms with Crippen molar-refractivity contribution < 1.29 is 0 Å². The van der Waals surface area contributed by atoms with Gasteiger partial charge in [0, 0.05) is 31.9 Å². The molecule has 1 saturated heterocycles. The molecule has 1 unspecified atom stereocenters. The van der Waals surface area contributed by atoms with Crippen molar-refractivity contribution in [2.45, 2.75) is 32.7 Å². The number of likely N-dealkylation sites (N-methyl/N-ethyl adjacent to an activating group) is 1. The van der Waals surface area contributed by atoms with E-state index >= 15 is 0 Å². The average molecular weight is 182 g/mol. The zero-order valence-electron chi connectivity index (χ0n) is 9.21. The maximum atomic E-state index is 3.93. The molecule has 0 saturated carbocycles. The molecule has 0 N–H and O–H groups in total. The van der Waals surface area contributed by atoms with E-state index in [4.69, 9.17) is 0 Å². The van der Waals surface area contributed by atoms with E-state index < -0.39 is 0 Å². The van der Waals surface area contributed by atoms with E-state index in [-0.39, 0.29) is 0 Å². The second kappa shape index (κ2) is 4.66. The predicted molar refractivity (Wildman–Crippen MR) is 57.7 cm³/mol. The standard InChI is InChI=1S/C11H22N2/c1-10(2)12(4)8-9-13-7-5-6-11(13)3/h11H,1,5-9H2,2-4H3. The molecule has 0 spiro atoms. The number of likely N-dealkylation sites (tertiary alicyclic amines) is 1. The molecule has 0 aromatic carbocycles. The second-order valence-electron chi connectivity index (χ2n) is 4.18. The van der Waals surface area contributed by atoms with Crippen LogP contribution in [0.25, 0.3) is 0 Å². The Labute approximate surface area is 82.2 Å². The van der Waals surface area contributed by atoms with Gasteiger partial charge in [0.05, 0.1) is 0 Å². The van der Waals surface area contributed by atoms with Gasteiger partial charge in [-0.05, 0) is 33.2 Å². The van der Waals surface area contributed by atoms with Crippen molar-refractivity contribution in [2.75, 3.05) is 26.7 Å². The number of hydrogen-bond acceptors (Lipinski definition) is 2. The molecule has 1 fully saturated rings. The molecule has 0 bridgehead atoms. The Bertz CT molecular complexity index is 177. The Kier molecular flexibility index (Phi) is 3.79. The molecule has 1 aliphatic heterocycles. The predicted octanol–water partition coefficient (Wildman–Crippen LogP) is 1.94. The minimum atomic E-state index is 0.790. The van der Waals surface area contributed by atoms with E-state index in [0.717, 1.165) is 18.3 Å². The normalized spacial score (nSPS) is 23.5. The van der Waals surface area contributed by atoms with Crippen molar-refractivity contribution in [3.63, 3.8) is 0 Å². The summed E-state index contributed by atoms with van der Waals surface area (Å²) >= 11 is 0. The van der Waals surface area contributed by atoms with Crippen LogP contribution in [0, 0.1) is 0 Å². The highest BCUT2D eigenvalue weighted by Crippen LogP contribution is 2.15. The molecule has 13 heavy (non-hydrogen) atoms. The SMILES string of the molecule is C=C(C)N(C)CCN1CCCC1C. The van der Waals surface area contributed by atoms with Gasteiger partial charge in [0.15, 0.2) is 0 Å². The summed E-state index contributed by atoms with van der Waals surface area (Å²) in [5.74, 6) is 0. The Balaban J connectivity index is 2.22. The van der Waals surface area contributed by atoms with E-state index in [0.29, 0.717) is 0 Å². The van der Waals surface area contributed by atoms with E-state index in [1.807, 2.05) is 0 Å². The van der Waals surface area contributed by atoms with Crippen molar-refractivity contribution in [1.82, 2.24) is 9.80 Å². The van der Waals surface area contributed by atoms with Crippen LogP contribution in [0.4, 0.5) is 0 Å². The number of allylic oxidation sites excluding steroid dienone is 1.